The summed E-state index contributed by atoms with van der Waals surface area (Å²) in [5.74, 6) is 1.19. The summed E-state index contributed by atoms with van der Waals surface area (Å²) in [5, 5.41) is 4.30. The second kappa shape index (κ2) is 6.81. The Bertz CT molecular complexity index is 383. The lowest BCUT2D eigenvalue weighted by atomic mass is 9.94. The van der Waals surface area contributed by atoms with Gasteiger partial charge >= 0.3 is 0 Å². The molecule has 4 atom stereocenters. The van der Waals surface area contributed by atoms with Gasteiger partial charge in [-0.1, -0.05) is 19.8 Å². The van der Waals surface area contributed by atoms with Gasteiger partial charge in [-0.05, 0) is 37.9 Å². The van der Waals surface area contributed by atoms with Crippen molar-refractivity contribution in [2.75, 3.05) is 12.0 Å². The average Bonchev–Trinajstić information content (AvgIpc) is 2.76. The molecule has 0 amide bonds. The Hall–Kier alpha value is 0.260. The standard InChI is InChI=1S/C14H27NO2S2/c1-3-18-12-9-8-11(10-12)15-13-6-4-5-7-14(13)19(2,16)17/h11-15H,3-10H2,1-2H3/t11-,12+,13-,14+/m0/s1. The molecule has 0 bridgehead atoms. The van der Waals surface area contributed by atoms with E-state index in [4.69, 9.17) is 0 Å². The summed E-state index contributed by atoms with van der Waals surface area (Å²) in [5.41, 5.74) is 0. The van der Waals surface area contributed by atoms with Crippen LogP contribution < -0.4 is 5.32 Å². The Labute approximate surface area is 122 Å². The van der Waals surface area contributed by atoms with E-state index in [1.165, 1.54) is 37.7 Å². The molecule has 1 N–H and O–H groups in total. The van der Waals surface area contributed by atoms with Crippen LogP contribution in [0, 0.1) is 0 Å². The van der Waals surface area contributed by atoms with Crippen molar-refractivity contribution in [3.05, 3.63) is 0 Å². The maximum Gasteiger partial charge on any atom is 0.151 e. The number of rotatable bonds is 5. The molecule has 0 aliphatic heterocycles. The zero-order valence-electron chi connectivity index (χ0n) is 12.1. The number of thioether (sulfide) groups is 1. The van der Waals surface area contributed by atoms with Gasteiger partial charge in [-0.15, -0.1) is 0 Å². The Morgan fingerprint density at radius 1 is 1.16 bits per heavy atom. The topological polar surface area (TPSA) is 46.2 Å². The molecule has 0 unspecified atom stereocenters. The smallest absolute Gasteiger partial charge is 0.151 e. The maximum atomic E-state index is 11.9. The van der Waals surface area contributed by atoms with Crippen molar-refractivity contribution in [1.29, 1.82) is 0 Å². The van der Waals surface area contributed by atoms with Gasteiger partial charge in [0.05, 0.1) is 5.25 Å². The van der Waals surface area contributed by atoms with Gasteiger partial charge in [0.2, 0.25) is 0 Å². The van der Waals surface area contributed by atoms with Crippen molar-refractivity contribution in [1.82, 2.24) is 5.32 Å². The fraction of sp³-hybridized carbons (Fsp3) is 1.00. The minimum atomic E-state index is -2.91. The quantitative estimate of drug-likeness (QED) is 0.848. The Kier molecular flexibility index (Phi) is 5.61. The van der Waals surface area contributed by atoms with Crippen LogP contribution in [0.1, 0.15) is 51.9 Å². The van der Waals surface area contributed by atoms with Crippen LogP contribution in [0.15, 0.2) is 0 Å². The van der Waals surface area contributed by atoms with E-state index in [-0.39, 0.29) is 11.3 Å². The Balaban J connectivity index is 1.90. The molecular weight excluding hydrogens is 278 g/mol. The summed E-state index contributed by atoms with van der Waals surface area (Å²) in [6.45, 7) is 2.21. The van der Waals surface area contributed by atoms with Crippen LogP contribution in [0.25, 0.3) is 0 Å². The van der Waals surface area contributed by atoms with E-state index in [2.05, 4.69) is 24.0 Å². The molecule has 2 saturated carbocycles. The third kappa shape index (κ3) is 4.36. The van der Waals surface area contributed by atoms with Gasteiger partial charge in [0.25, 0.3) is 0 Å². The van der Waals surface area contributed by atoms with Crippen LogP contribution in [0.4, 0.5) is 0 Å². The summed E-state index contributed by atoms with van der Waals surface area (Å²) >= 11 is 2.05. The highest BCUT2D eigenvalue weighted by Gasteiger charge is 2.35. The largest absolute Gasteiger partial charge is 0.310 e. The summed E-state index contributed by atoms with van der Waals surface area (Å²) in [7, 11) is -2.91. The Morgan fingerprint density at radius 3 is 2.58 bits per heavy atom. The normalized spacial score (nSPS) is 36.5. The van der Waals surface area contributed by atoms with E-state index < -0.39 is 9.84 Å². The SMILES string of the molecule is CCS[C@@H]1CC[C@H](N[C@H]2CCCC[C@H]2S(C)(=O)=O)C1. The molecule has 0 aromatic heterocycles. The first kappa shape index (κ1) is 15.6. The molecule has 5 heteroatoms. The molecule has 2 rings (SSSR count). The second-order valence-corrected chi connectivity index (χ2v) is 9.85. The third-order valence-corrected chi connectivity index (χ3v) is 7.39. The molecule has 0 spiro atoms. The minimum absolute atomic E-state index is 0.154. The number of nitrogens with one attached hydrogen (secondary N) is 1. The van der Waals surface area contributed by atoms with E-state index >= 15 is 0 Å². The van der Waals surface area contributed by atoms with Gasteiger partial charge in [0.1, 0.15) is 0 Å². The molecule has 0 heterocycles. The van der Waals surface area contributed by atoms with E-state index in [0.717, 1.165) is 24.5 Å². The predicted octanol–water partition coefficient (Wildman–Crippen LogP) is 2.61. The molecule has 0 saturated heterocycles. The first-order chi connectivity index (χ1) is 9.00. The average molecular weight is 306 g/mol. The Morgan fingerprint density at radius 2 is 1.89 bits per heavy atom. The van der Waals surface area contributed by atoms with Crippen molar-refractivity contribution in [2.24, 2.45) is 0 Å². The number of sulfone groups is 1. The van der Waals surface area contributed by atoms with Gasteiger partial charge in [-0.3, -0.25) is 0 Å². The molecule has 0 aromatic carbocycles. The molecule has 0 aromatic rings. The highest BCUT2D eigenvalue weighted by Crippen LogP contribution is 2.32. The first-order valence-corrected chi connectivity index (χ1v) is 10.6. The molecule has 2 aliphatic rings. The lowest BCUT2D eigenvalue weighted by molar-refractivity contribution is 0.337. The lowest BCUT2D eigenvalue weighted by Crippen LogP contribution is -2.49. The summed E-state index contributed by atoms with van der Waals surface area (Å²) in [4.78, 5) is 0. The van der Waals surface area contributed by atoms with E-state index in [9.17, 15) is 8.42 Å². The fourth-order valence-electron chi connectivity index (χ4n) is 3.58. The van der Waals surface area contributed by atoms with Crippen molar-refractivity contribution >= 4 is 21.6 Å². The van der Waals surface area contributed by atoms with Crippen molar-refractivity contribution in [2.45, 2.75) is 74.5 Å². The van der Waals surface area contributed by atoms with E-state index in [0.29, 0.717) is 6.04 Å². The van der Waals surface area contributed by atoms with Crippen LogP contribution >= 0.6 is 11.8 Å². The zero-order valence-corrected chi connectivity index (χ0v) is 13.7. The van der Waals surface area contributed by atoms with Gasteiger partial charge in [0, 0.05) is 23.6 Å². The van der Waals surface area contributed by atoms with Crippen LogP contribution in [0.5, 0.6) is 0 Å². The van der Waals surface area contributed by atoms with Gasteiger partial charge in [-0.2, -0.15) is 11.8 Å². The predicted molar refractivity (Wildman–Crippen MR) is 83.6 cm³/mol. The third-order valence-electron chi connectivity index (χ3n) is 4.49. The van der Waals surface area contributed by atoms with Crippen LogP contribution in [-0.2, 0) is 9.84 Å². The molecule has 2 fully saturated rings. The summed E-state index contributed by atoms with van der Waals surface area (Å²) < 4.78 is 23.8. The first-order valence-electron chi connectivity index (χ1n) is 7.57. The summed E-state index contributed by atoms with van der Waals surface area (Å²) in [6.07, 6.45) is 9.22. The number of hydrogen-bond acceptors (Lipinski definition) is 4. The highest BCUT2D eigenvalue weighted by molar-refractivity contribution is 7.99. The monoisotopic (exact) mass is 305 g/mol. The van der Waals surface area contributed by atoms with Crippen LogP contribution in [-0.4, -0.2) is 43.0 Å². The molecular formula is C14H27NO2S2. The van der Waals surface area contributed by atoms with Crippen LogP contribution in [0.3, 0.4) is 0 Å². The van der Waals surface area contributed by atoms with Crippen LogP contribution in [0.2, 0.25) is 0 Å². The molecule has 112 valence electrons. The van der Waals surface area contributed by atoms with Crippen molar-refractivity contribution in [3.8, 4) is 0 Å². The number of hydrogen-bond donors (Lipinski definition) is 1. The fourth-order valence-corrected chi connectivity index (χ4v) is 6.13. The second-order valence-electron chi connectivity index (χ2n) is 6.01. The maximum absolute atomic E-state index is 11.9. The van der Waals surface area contributed by atoms with E-state index in [1.807, 2.05) is 0 Å². The van der Waals surface area contributed by atoms with Gasteiger partial charge in [-0.25, -0.2) is 8.42 Å². The minimum Gasteiger partial charge on any atom is -0.310 e. The molecule has 2 aliphatic carbocycles. The van der Waals surface area contributed by atoms with Gasteiger partial charge in [0.15, 0.2) is 9.84 Å². The van der Waals surface area contributed by atoms with Gasteiger partial charge < -0.3 is 5.32 Å². The summed E-state index contributed by atoms with van der Waals surface area (Å²) in [6, 6.07) is 0.732. The molecule has 0 radical (unpaired) electrons. The van der Waals surface area contributed by atoms with Crippen molar-refractivity contribution < 1.29 is 8.42 Å². The lowest BCUT2D eigenvalue weighted by Gasteiger charge is -2.33. The van der Waals surface area contributed by atoms with E-state index in [1.54, 1.807) is 0 Å². The highest BCUT2D eigenvalue weighted by atomic mass is 32.2. The molecule has 3 nitrogen and oxygen atoms in total. The van der Waals surface area contributed by atoms with Crippen molar-refractivity contribution in [3.63, 3.8) is 0 Å². The molecule has 19 heavy (non-hydrogen) atoms. The zero-order chi connectivity index (χ0) is 13.9.